The molecule has 3 nitrogen and oxygen atoms in total. The number of nitrogens with zero attached hydrogens (tertiary/aromatic N) is 2. The van der Waals surface area contributed by atoms with E-state index in [2.05, 4.69) is 0 Å². The molecule has 0 bridgehead atoms. The van der Waals surface area contributed by atoms with Gasteiger partial charge in [0.15, 0.2) is 0 Å². The van der Waals surface area contributed by atoms with Gasteiger partial charge in [0.1, 0.15) is 0 Å². The van der Waals surface area contributed by atoms with Crippen molar-refractivity contribution in [1.82, 2.24) is 9.32 Å². The number of amides is 2. The Bertz CT molecular complexity index is 132. The van der Waals surface area contributed by atoms with E-state index in [0.29, 0.717) is 19.0 Å². The Kier molecular flexibility index (Phi) is 5.42. The number of carbonyl (C=O) groups excluding carboxylic acids is 1. The smallest absolute Gasteiger partial charge is 0.327 e. The van der Waals surface area contributed by atoms with Gasteiger partial charge in [0.2, 0.25) is 0 Å². The molecule has 0 aromatic rings. The van der Waals surface area contributed by atoms with E-state index in [-0.39, 0.29) is 6.03 Å². The maximum absolute atomic E-state index is 11.1. The molecule has 66 valence electrons. The Morgan fingerprint density at radius 1 is 1.55 bits per heavy atom. The molecule has 0 fully saturated rings. The fraction of sp³-hybridized carbons (Fsp3) is 0.833. The second kappa shape index (κ2) is 5.49. The summed E-state index contributed by atoms with van der Waals surface area (Å²) in [6.45, 7) is 2.89. The molecule has 0 aromatic heterocycles. The zero-order valence-electron chi connectivity index (χ0n) is 6.68. The van der Waals surface area contributed by atoms with Gasteiger partial charge in [-0.3, -0.25) is 0 Å². The van der Waals surface area contributed by atoms with Crippen LogP contribution in [0.2, 0.25) is 0 Å². The molecule has 0 atom stereocenters. The molecule has 0 aliphatic carbocycles. The zero-order chi connectivity index (χ0) is 8.85. The van der Waals surface area contributed by atoms with Crippen molar-refractivity contribution in [1.29, 1.82) is 0 Å². The van der Waals surface area contributed by atoms with Gasteiger partial charge in [0.25, 0.3) is 0 Å². The molecular weight excluding hydrogens is 187 g/mol. The molecule has 0 spiro atoms. The third-order valence-electron chi connectivity index (χ3n) is 1.29. The first-order valence-corrected chi connectivity index (χ1v) is 4.25. The van der Waals surface area contributed by atoms with Gasteiger partial charge < -0.3 is 4.90 Å². The van der Waals surface area contributed by atoms with Crippen LogP contribution in [0, 0.1) is 0 Å². The number of alkyl halides is 1. The Morgan fingerprint density at radius 3 is 2.45 bits per heavy atom. The first kappa shape index (κ1) is 10.8. The first-order valence-electron chi connectivity index (χ1n) is 3.37. The topological polar surface area (TPSA) is 23.6 Å². The summed E-state index contributed by atoms with van der Waals surface area (Å²) in [6, 6.07) is -0.213. The predicted octanol–water partition coefficient (Wildman–Crippen LogP) is 1.75. The third-order valence-corrected chi connectivity index (χ3v) is 1.77. The van der Waals surface area contributed by atoms with Crippen molar-refractivity contribution >= 4 is 29.4 Å². The van der Waals surface area contributed by atoms with Crippen molar-refractivity contribution in [3.8, 4) is 0 Å². The first-order chi connectivity index (χ1) is 5.13. The molecule has 0 saturated heterocycles. The largest absolute Gasteiger partial charge is 0.334 e. The standard InChI is InChI=1S/C6H12Cl2N2O/c1-3-9(2)6(11)10(8)5-4-7/h3-5H2,1-2H3. The quantitative estimate of drug-likeness (QED) is 0.501. The highest BCUT2D eigenvalue weighted by Crippen LogP contribution is 2.00. The van der Waals surface area contributed by atoms with E-state index in [1.165, 1.54) is 4.90 Å². The van der Waals surface area contributed by atoms with E-state index in [0.717, 1.165) is 4.42 Å². The second-order valence-electron chi connectivity index (χ2n) is 2.07. The summed E-state index contributed by atoms with van der Waals surface area (Å²) in [5, 5.41) is 0. The van der Waals surface area contributed by atoms with Gasteiger partial charge >= 0.3 is 6.03 Å². The summed E-state index contributed by atoms with van der Waals surface area (Å²) < 4.78 is 1.08. The van der Waals surface area contributed by atoms with Crippen LogP contribution in [0.3, 0.4) is 0 Å². The monoisotopic (exact) mass is 198 g/mol. The van der Waals surface area contributed by atoms with Crippen LogP contribution in [0.4, 0.5) is 4.79 Å². The molecule has 0 unspecified atom stereocenters. The van der Waals surface area contributed by atoms with E-state index >= 15 is 0 Å². The van der Waals surface area contributed by atoms with Gasteiger partial charge in [-0.05, 0) is 6.92 Å². The van der Waals surface area contributed by atoms with Gasteiger partial charge in [0, 0.05) is 31.2 Å². The van der Waals surface area contributed by atoms with Gasteiger partial charge in [-0.25, -0.2) is 9.21 Å². The van der Waals surface area contributed by atoms with Crippen molar-refractivity contribution in [2.24, 2.45) is 0 Å². The number of hydrogen-bond acceptors (Lipinski definition) is 1. The minimum atomic E-state index is -0.213. The molecule has 2 amide bonds. The summed E-state index contributed by atoms with van der Waals surface area (Å²) in [5.74, 6) is 0.354. The highest BCUT2D eigenvalue weighted by atomic mass is 35.5. The molecule has 0 aliphatic rings. The summed E-state index contributed by atoms with van der Waals surface area (Å²) in [4.78, 5) is 12.6. The molecule has 0 N–H and O–H groups in total. The number of hydrogen-bond donors (Lipinski definition) is 0. The predicted molar refractivity (Wildman–Crippen MR) is 47.0 cm³/mol. The van der Waals surface area contributed by atoms with Crippen LogP contribution in [0.25, 0.3) is 0 Å². The third kappa shape index (κ3) is 3.68. The van der Waals surface area contributed by atoms with Crippen LogP contribution in [-0.4, -0.2) is 41.4 Å². The van der Waals surface area contributed by atoms with Crippen LogP contribution in [0.15, 0.2) is 0 Å². The lowest BCUT2D eigenvalue weighted by molar-refractivity contribution is 0.193. The lowest BCUT2D eigenvalue weighted by atomic mass is 10.6. The summed E-state index contributed by atoms with van der Waals surface area (Å²) in [5.41, 5.74) is 0. The number of rotatable bonds is 3. The lowest BCUT2D eigenvalue weighted by Crippen LogP contribution is -2.36. The highest BCUT2D eigenvalue weighted by molar-refractivity contribution is 6.22. The van der Waals surface area contributed by atoms with Gasteiger partial charge in [-0.15, -0.1) is 11.6 Å². The van der Waals surface area contributed by atoms with Crippen molar-refractivity contribution in [2.75, 3.05) is 26.0 Å². The van der Waals surface area contributed by atoms with Gasteiger partial charge in [0.05, 0.1) is 6.54 Å². The Morgan fingerprint density at radius 2 is 2.09 bits per heavy atom. The normalized spacial score (nSPS) is 9.45. The molecule has 0 aliphatic heterocycles. The lowest BCUT2D eigenvalue weighted by Gasteiger charge is -2.20. The highest BCUT2D eigenvalue weighted by Gasteiger charge is 2.12. The van der Waals surface area contributed by atoms with Crippen molar-refractivity contribution in [2.45, 2.75) is 6.92 Å². The average molecular weight is 199 g/mol. The van der Waals surface area contributed by atoms with Crippen LogP contribution >= 0.6 is 23.4 Å². The summed E-state index contributed by atoms with van der Waals surface area (Å²) in [7, 11) is 1.69. The van der Waals surface area contributed by atoms with Crippen LogP contribution in [0.5, 0.6) is 0 Å². The number of urea groups is 1. The molecule has 0 rings (SSSR count). The van der Waals surface area contributed by atoms with E-state index in [1.807, 2.05) is 6.92 Å². The Balaban J connectivity index is 3.81. The van der Waals surface area contributed by atoms with E-state index < -0.39 is 0 Å². The maximum atomic E-state index is 11.1. The summed E-state index contributed by atoms with van der Waals surface area (Å²) >= 11 is 11.0. The molecule has 0 saturated carbocycles. The number of carbonyl (C=O) groups is 1. The number of halogens is 2. The van der Waals surface area contributed by atoms with Crippen LogP contribution in [-0.2, 0) is 0 Å². The Hall–Kier alpha value is -0.150. The van der Waals surface area contributed by atoms with Crippen LogP contribution < -0.4 is 0 Å². The van der Waals surface area contributed by atoms with Crippen molar-refractivity contribution in [3.63, 3.8) is 0 Å². The second-order valence-corrected chi connectivity index (χ2v) is 2.86. The minimum Gasteiger partial charge on any atom is -0.327 e. The van der Waals surface area contributed by atoms with Crippen molar-refractivity contribution in [3.05, 3.63) is 0 Å². The molecule has 5 heteroatoms. The SMILES string of the molecule is CCN(C)C(=O)N(Cl)CCCl. The summed E-state index contributed by atoms with van der Waals surface area (Å²) in [6.07, 6.45) is 0. The zero-order valence-corrected chi connectivity index (χ0v) is 8.19. The van der Waals surface area contributed by atoms with E-state index in [1.54, 1.807) is 7.05 Å². The minimum absolute atomic E-state index is 0.213. The van der Waals surface area contributed by atoms with Crippen molar-refractivity contribution < 1.29 is 4.79 Å². The fourth-order valence-corrected chi connectivity index (χ4v) is 0.959. The fourth-order valence-electron chi connectivity index (χ4n) is 0.490. The van der Waals surface area contributed by atoms with Crippen LogP contribution in [0.1, 0.15) is 6.92 Å². The van der Waals surface area contributed by atoms with E-state index in [9.17, 15) is 4.79 Å². The Labute approximate surface area is 77.0 Å². The average Bonchev–Trinajstić information content (AvgIpc) is 2.02. The molecular formula is C6H12Cl2N2O. The van der Waals surface area contributed by atoms with Gasteiger partial charge in [-0.2, -0.15) is 0 Å². The molecule has 0 aromatic carbocycles. The maximum Gasteiger partial charge on any atom is 0.334 e. The molecule has 11 heavy (non-hydrogen) atoms. The van der Waals surface area contributed by atoms with E-state index in [4.69, 9.17) is 23.4 Å². The molecule has 0 radical (unpaired) electrons. The van der Waals surface area contributed by atoms with Gasteiger partial charge in [-0.1, -0.05) is 0 Å². The molecule has 0 heterocycles.